The van der Waals surface area contributed by atoms with E-state index in [1.165, 1.54) is 17.3 Å². The third-order valence-electron chi connectivity index (χ3n) is 5.92. The predicted molar refractivity (Wildman–Crippen MR) is 119 cm³/mol. The normalized spacial score (nSPS) is 17.0. The van der Waals surface area contributed by atoms with Crippen LogP contribution in [0.5, 0.6) is 11.5 Å². The van der Waals surface area contributed by atoms with Crippen molar-refractivity contribution in [3.63, 3.8) is 0 Å². The topological polar surface area (TPSA) is 69.0 Å². The van der Waals surface area contributed by atoms with E-state index in [-0.39, 0.29) is 18.7 Å². The molecule has 0 unspecified atom stereocenters. The van der Waals surface area contributed by atoms with Gasteiger partial charge in [0.25, 0.3) is 0 Å². The minimum absolute atomic E-state index is 0.0776. The second-order valence-electron chi connectivity index (χ2n) is 7.97. The van der Waals surface area contributed by atoms with Gasteiger partial charge in [0.15, 0.2) is 22.3 Å². The first kappa shape index (κ1) is 18.5. The van der Waals surface area contributed by atoms with Crippen molar-refractivity contribution < 1.29 is 14.3 Å². The predicted octanol–water partition coefficient (Wildman–Crippen LogP) is 3.99. The molecule has 0 spiro atoms. The maximum atomic E-state index is 13.1. The first-order valence-electron chi connectivity index (χ1n) is 10.2. The Bertz CT molecular complexity index is 1370. The van der Waals surface area contributed by atoms with Crippen LogP contribution in [-0.4, -0.2) is 39.1 Å². The molecule has 0 fully saturated rings. The molecular formula is C23H20N4O3S. The van der Waals surface area contributed by atoms with E-state index in [0.717, 1.165) is 40.0 Å². The van der Waals surface area contributed by atoms with Crippen molar-refractivity contribution in [2.45, 2.75) is 31.5 Å². The summed E-state index contributed by atoms with van der Waals surface area (Å²) in [6.07, 6.45) is 0.886. The van der Waals surface area contributed by atoms with Gasteiger partial charge in [-0.3, -0.25) is 9.20 Å². The summed E-state index contributed by atoms with van der Waals surface area (Å²) in [4.78, 5) is 15.1. The number of para-hydroxylation sites is 1. The quantitative estimate of drug-likeness (QED) is 0.456. The fourth-order valence-electron chi connectivity index (χ4n) is 4.53. The molecule has 0 bridgehead atoms. The molecule has 31 heavy (non-hydrogen) atoms. The lowest BCUT2D eigenvalue weighted by atomic mass is 10.1. The highest BCUT2D eigenvalue weighted by Gasteiger charge is 2.30. The molecule has 2 aromatic carbocycles. The number of carbonyl (C=O) groups is 1. The Morgan fingerprint density at radius 1 is 1.16 bits per heavy atom. The molecule has 1 amide bonds. The Morgan fingerprint density at radius 2 is 1.97 bits per heavy atom. The molecule has 2 aromatic heterocycles. The number of hydrogen-bond acceptors (Lipinski definition) is 6. The van der Waals surface area contributed by atoms with Crippen LogP contribution in [0.2, 0.25) is 0 Å². The minimum Gasteiger partial charge on any atom is -0.454 e. The van der Waals surface area contributed by atoms with Crippen LogP contribution in [0.4, 0.5) is 5.69 Å². The van der Waals surface area contributed by atoms with E-state index in [9.17, 15) is 4.79 Å². The molecule has 0 aliphatic carbocycles. The Balaban J connectivity index is 1.35. The molecule has 0 saturated heterocycles. The summed E-state index contributed by atoms with van der Waals surface area (Å²) in [5, 5.41) is 10.5. The van der Waals surface area contributed by atoms with E-state index >= 15 is 0 Å². The number of rotatable bonds is 3. The van der Waals surface area contributed by atoms with Crippen LogP contribution in [0.25, 0.3) is 16.6 Å². The van der Waals surface area contributed by atoms with Crippen molar-refractivity contribution in [1.82, 2.24) is 14.6 Å². The van der Waals surface area contributed by atoms with Gasteiger partial charge < -0.3 is 14.4 Å². The van der Waals surface area contributed by atoms with Crippen LogP contribution in [0.1, 0.15) is 18.1 Å². The SMILES string of the molecule is Cc1cc2cc3c(cc2n2c(SCC(=O)N4c5ccccc5C[C@@H]4C)nnc12)OCO3. The maximum Gasteiger partial charge on any atom is 0.237 e. The number of amides is 1. The molecule has 7 nitrogen and oxygen atoms in total. The van der Waals surface area contributed by atoms with E-state index in [2.05, 4.69) is 29.3 Å². The monoisotopic (exact) mass is 432 g/mol. The summed E-state index contributed by atoms with van der Waals surface area (Å²) in [6.45, 7) is 4.33. The molecule has 4 aromatic rings. The number of carbonyl (C=O) groups excluding carboxylic acids is 1. The third kappa shape index (κ3) is 2.85. The van der Waals surface area contributed by atoms with Gasteiger partial charge in [0.2, 0.25) is 12.7 Å². The van der Waals surface area contributed by atoms with Gasteiger partial charge in [0.1, 0.15) is 0 Å². The Kier molecular flexibility index (Phi) is 4.11. The number of fused-ring (bicyclic) bond motifs is 5. The van der Waals surface area contributed by atoms with E-state index in [1.54, 1.807) is 0 Å². The zero-order chi connectivity index (χ0) is 21.1. The zero-order valence-electron chi connectivity index (χ0n) is 17.2. The van der Waals surface area contributed by atoms with Crippen molar-refractivity contribution in [2.75, 3.05) is 17.4 Å². The maximum absolute atomic E-state index is 13.1. The van der Waals surface area contributed by atoms with Crippen molar-refractivity contribution in [3.05, 3.63) is 53.6 Å². The number of anilines is 1. The number of nitrogens with zero attached hydrogens (tertiary/aromatic N) is 4. The third-order valence-corrected chi connectivity index (χ3v) is 6.84. The van der Waals surface area contributed by atoms with Crippen LogP contribution >= 0.6 is 11.8 Å². The average molecular weight is 433 g/mol. The van der Waals surface area contributed by atoms with Gasteiger partial charge in [0.05, 0.1) is 11.3 Å². The molecule has 6 rings (SSSR count). The van der Waals surface area contributed by atoms with Crippen molar-refractivity contribution in [3.8, 4) is 11.5 Å². The number of thioether (sulfide) groups is 1. The number of ether oxygens (including phenoxy) is 2. The molecule has 2 aliphatic rings. The molecule has 0 N–H and O–H groups in total. The summed E-state index contributed by atoms with van der Waals surface area (Å²) in [7, 11) is 0. The largest absolute Gasteiger partial charge is 0.454 e. The highest BCUT2D eigenvalue weighted by atomic mass is 32.2. The highest BCUT2D eigenvalue weighted by molar-refractivity contribution is 7.99. The summed E-state index contributed by atoms with van der Waals surface area (Å²) < 4.78 is 13.1. The molecular weight excluding hydrogens is 412 g/mol. The summed E-state index contributed by atoms with van der Waals surface area (Å²) in [5.74, 6) is 1.82. The number of hydrogen-bond donors (Lipinski definition) is 0. The van der Waals surface area contributed by atoms with Gasteiger partial charge in [-0.05, 0) is 49.6 Å². The second kappa shape index (κ2) is 6.88. The van der Waals surface area contributed by atoms with Crippen molar-refractivity contribution in [1.29, 1.82) is 0 Å². The Hall–Kier alpha value is -3.26. The Morgan fingerprint density at radius 3 is 2.84 bits per heavy atom. The minimum atomic E-state index is 0.0776. The molecule has 1 atom stereocenters. The molecule has 0 saturated carbocycles. The smallest absolute Gasteiger partial charge is 0.237 e. The van der Waals surface area contributed by atoms with Gasteiger partial charge in [-0.15, -0.1) is 10.2 Å². The lowest BCUT2D eigenvalue weighted by molar-refractivity contribution is -0.116. The fraction of sp³-hybridized carbons (Fsp3) is 0.261. The number of aromatic nitrogens is 3. The van der Waals surface area contributed by atoms with E-state index < -0.39 is 0 Å². The lowest BCUT2D eigenvalue weighted by Crippen LogP contribution is -2.37. The average Bonchev–Trinajstić information content (AvgIpc) is 3.46. The first-order chi connectivity index (χ1) is 15.1. The van der Waals surface area contributed by atoms with Gasteiger partial charge in [-0.2, -0.15) is 0 Å². The zero-order valence-corrected chi connectivity index (χ0v) is 18.0. The number of pyridine rings is 1. The summed E-state index contributed by atoms with van der Waals surface area (Å²) in [6, 6.07) is 14.3. The molecule has 2 aliphatic heterocycles. The second-order valence-corrected chi connectivity index (χ2v) is 8.91. The van der Waals surface area contributed by atoms with Crippen molar-refractivity contribution >= 4 is 39.9 Å². The molecule has 4 heterocycles. The first-order valence-corrected chi connectivity index (χ1v) is 11.2. The van der Waals surface area contributed by atoms with Crippen molar-refractivity contribution in [2.24, 2.45) is 0 Å². The van der Waals surface area contributed by atoms with E-state index in [1.807, 2.05) is 46.6 Å². The van der Waals surface area contributed by atoms with Gasteiger partial charge in [-0.1, -0.05) is 30.0 Å². The van der Waals surface area contributed by atoms with Crippen LogP contribution in [0.15, 0.2) is 47.6 Å². The number of benzene rings is 2. The fourth-order valence-corrected chi connectivity index (χ4v) is 5.34. The summed E-state index contributed by atoms with van der Waals surface area (Å²) >= 11 is 1.41. The van der Waals surface area contributed by atoms with Gasteiger partial charge >= 0.3 is 0 Å². The van der Waals surface area contributed by atoms with Crippen LogP contribution in [0.3, 0.4) is 0 Å². The van der Waals surface area contributed by atoms with Gasteiger partial charge in [-0.25, -0.2) is 0 Å². The number of aryl methyl sites for hydroxylation is 1. The Labute approximate surface area is 183 Å². The van der Waals surface area contributed by atoms with E-state index in [4.69, 9.17) is 9.47 Å². The van der Waals surface area contributed by atoms with Crippen LogP contribution in [-0.2, 0) is 11.2 Å². The molecule has 8 heteroatoms. The standard InChI is InChI=1S/C23H20N4O3S/c1-13-7-16-9-19-20(30-12-29-19)10-18(16)27-22(13)24-25-23(27)31-11-21(28)26-14(2)8-15-5-3-4-6-17(15)26/h3-7,9-10,14H,8,11-12H2,1-2H3/t14-/m0/s1. The lowest BCUT2D eigenvalue weighted by Gasteiger charge is -2.22. The molecule has 0 radical (unpaired) electrons. The van der Waals surface area contributed by atoms with Crippen LogP contribution in [0, 0.1) is 6.92 Å². The summed E-state index contributed by atoms with van der Waals surface area (Å²) in [5.41, 5.74) is 4.96. The van der Waals surface area contributed by atoms with Crippen LogP contribution < -0.4 is 14.4 Å². The molecule has 156 valence electrons. The van der Waals surface area contributed by atoms with E-state index in [0.29, 0.717) is 16.7 Å². The van der Waals surface area contributed by atoms with Gasteiger partial charge in [0, 0.05) is 23.2 Å². The highest BCUT2D eigenvalue weighted by Crippen LogP contribution is 2.38.